The van der Waals surface area contributed by atoms with E-state index in [1.54, 1.807) is 13.8 Å². The largest absolute Gasteiger partial charge is 0.488 e. The standard InChI is InChI=1S/C18H18F3NO4/c1-10-7-12(17(20)21)16(8-11(10)2)26-9-13-14(19)5-4-6-15(13)22(24)18(23)25-3/h4-8,17,24H,9H2,1-3H3. The van der Waals surface area contributed by atoms with E-state index in [0.29, 0.717) is 5.56 Å². The van der Waals surface area contributed by atoms with Crippen LogP contribution in [-0.2, 0) is 11.3 Å². The fourth-order valence-corrected chi connectivity index (χ4v) is 2.33. The molecule has 0 unspecified atom stereocenters. The van der Waals surface area contributed by atoms with E-state index in [2.05, 4.69) is 4.74 Å². The Hall–Kier alpha value is -2.74. The number of anilines is 1. The van der Waals surface area contributed by atoms with Crippen LogP contribution in [0.1, 0.15) is 28.7 Å². The molecule has 0 saturated heterocycles. The van der Waals surface area contributed by atoms with E-state index >= 15 is 0 Å². The van der Waals surface area contributed by atoms with Crippen molar-refractivity contribution in [3.63, 3.8) is 0 Å². The molecule has 0 aliphatic rings. The molecule has 0 fully saturated rings. The number of ether oxygens (including phenoxy) is 2. The predicted molar refractivity (Wildman–Crippen MR) is 88.3 cm³/mol. The summed E-state index contributed by atoms with van der Waals surface area (Å²) in [5.74, 6) is -0.868. The summed E-state index contributed by atoms with van der Waals surface area (Å²) in [6, 6.07) is 6.40. The van der Waals surface area contributed by atoms with Gasteiger partial charge in [0.05, 0.1) is 23.9 Å². The van der Waals surface area contributed by atoms with E-state index in [1.165, 1.54) is 24.3 Å². The summed E-state index contributed by atoms with van der Waals surface area (Å²) in [6.45, 7) is 2.96. The van der Waals surface area contributed by atoms with Crippen LogP contribution in [0.2, 0.25) is 0 Å². The van der Waals surface area contributed by atoms with Gasteiger partial charge in [-0.2, -0.15) is 5.06 Å². The average Bonchev–Trinajstić information content (AvgIpc) is 2.61. The fraction of sp³-hybridized carbons (Fsp3) is 0.278. The molecule has 140 valence electrons. The predicted octanol–water partition coefficient (Wildman–Crippen LogP) is 4.92. The van der Waals surface area contributed by atoms with Gasteiger partial charge in [-0.3, -0.25) is 5.21 Å². The van der Waals surface area contributed by atoms with E-state index < -0.39 is 24.9 Å². The third kappa shape index (κ3) is 4.08. The lowest BCUT2D eigenvalue weighted by molar-refractivity contribution is 0.140. The first kappa shape index (κ1) is 19.6. The van der Waals surface area contributed by atoms with Gasteiger partial charge in [-0.1, -0.05) is 6.07 Å². The highest BCUT2D eigenvalue weighted by Gasteiger charge is 2.21. The third-order valence-electron chi connectivity index (χ3n) is 3.90. The van der Waals surface area contributed by atoms with E-state index in [-0.39, 0.29) is 27.6 Å². The maximum Gasteiger partial charge on any atom is 0.438 e. The van der Waals surface area contributed by atoms with Crippen LogP contribution in [0.15, 0.2) is 30.3 Å². The molecule has 2 aromatic carbocycles. The first-order chi connectivity index (χ1) is 12.3. The number of aryl methyl sites for hydroxylation is 2. The number of carbonyl (C=O) groups is 1. The van der Waals surface area contributed by atoms with Crippen LogP contribution in [0.3, 0.4) is 0 Å². The normalized spacial score (nSPS) is 10.8. The fourth-order valence-electron chi connectivity index (χ4n) is 2.33. The molecule has 0 aliphatic carbocycles. The lowest BCUT2D eigenvalue weighted by Crippen LogP contribution is -2.28. The number of amides is 1. The van der Waals surface area contributed by atoms with E-state index in [1.807, 2.05) is 0 Å². The molecule has 2 rings (SSSR count). The molecule has 0 bridgehead atoms. The number of hydrogen-bond donors (Lipinski definition) is 1. The van der Waals surface area contributed by atoms with Gasteiger partial charge in [-0.15, -0.1) is 0 Å². The highest BCUT2D eigenvalue weighted by molar-refractivity contribution is 5.85. The SMILES string of the molecule is COC(=O)N(O)c1cccc(F)c1COc1cc(C)c(C)cc1C(F)F. The van der Waals surface area contributed by atoms with Gasteiger partial charge in [0.1, 0.15) is 18.2 Å². The Labute approximate surface area is 148 Å². The Morgan fingerprint density at radius 1 is 1.23 bits per heavy atom. The Balaban J connectivity index is 2.36. The molecule has 26 heavy (non-hydrogen) atoms. The van der Waals surface area contributed by atoms with E-state index in [9.17, 15) is 23.2 Å². The Morgan fingerprint density at radius 3 is 2.50 bits per heavy atom. The summed E-state index contributed by atoms with van der Waals surface area (Å²) in [5.41, 5.74) is 0.695. The van der Waals surface area contributed by atoms with Crippen molar-refractivity contribution in [1.82, 2.24) is 0 Å². The van der Waals surface area contributed by atoms with Crippen LogP contribution in [0, 0.1) is 19.7 Å². The summed E-state index contributed by atoms with van der Waals surface area (Å²) in [7, 11) is 1.05. The number of hydroxylamine groups is 1. The van der Waals surface area contributed by atoms with Gasteiger partial charge >= 0.3 is 6.09 Å². The molecule has 1 N–H and O–H groups in total. The van der Waals surface area contributed by atoms with Crippen molar-refractivity contribution in [1.29, 1.82) is 0 Å². The second kappa shape index (κ2) is 8.09. The van der Waals surface area contributed by atoms with Gasteiger partial charge < -0.3 is 9.47 Å². The van der Waals surface area contributed by atoms with Crippen LogP contribution >= 0.6 is 0 Å². The van der Waals surface area contributed by atoms with Crippen LogP contribution in [-0.4, -0.2) is 18.4 Å². The number of methoxy groups -OCH3 is 1. The van der Waals surface area contributed by atoms with Gasteiger partial charge in [0.25, 0.3) is 6.43 Å². The van der Waals surface area contributed by atoms with Crippen LogP contribution in [0.5, 0.6) is 5.75 Å². The Bertz CT molecular complexity index is 811. The number of rotatable bonds is 5. The summed E-state index contributed by atoms with van der Waals surface area (Å²) in [5, 5.41) is 9.95. The summed E-state index contributed by atoms with van der Waals surface area (Å²) in [6.07, 6.45) is -3.90. The number of benzene rings is 2. The third-order valence-corrected chi connectivity index (χ3v) is 3.90. The lowest BCUT2D eigenvalue weighted by Gasteiger charge is -2.19. The molecule has 0 spiro atoms. The molecular formula is C18H18F3NO4. The first-order valence-corrected chi connectivity index (χ1v) is 7.62. The van der Waals surface area contributed by atoms with Crippen LogP contribution in [0.25, 0.3) is 0 Å². The van der Waals surface area contributed by atoms with E-state index in [0.717, 1.165) is 18.7 Å². The minimum Gasteiger partial charge on any atom is -0.488 e. The number of hydrogen-bond acceptors (Lipinski definition) is 4. The van der Waals surface area contributed by atoms with Crippen molar-refractivity contribution in [2.24, 2.45) is 0 Å². The zero-order chi connectivity index (χ0) is 19.4. The van der Waals surface area contributed by atoms with E-state index in [4.69, 9.17) is 4.74 Å². The molecule has 1 amide bonds. The quantitative estimate of drug-likeness (QED) is 0.600. The topological polar surface area (TPSA) is 59.0 Å². The Morgan fingerprint density at radius 2 is 1.88 bits per heavy atom. The van der Waals surface area contributed by atoms with Crippen molar-refractivity contribution >= 4 is 11.8 Å². The summed E-state index contributed by atoms with van der Waals surface area (Å²) < 4.78 is 50.4. The molecule has 0 aliphatic heterocycles. The lowest BCUT2D eigenvalue weighted by atomic mass is 10.1. The summed E-state index contributed by atoms with van der Waals surface area (Å²) >= 11 is 0. The molecule has 2 aromatic rings. The second-order valence-electron chi connectivity index (χ2n) is 5.58. The van der Waals surface area contributed by atoms with Crippen molar-refractivity contribution in [2.75, 3.05) is 12.2 Å². The monoisotopic (exact) mass is 369 g/mol. The van der Waals surface area contributed by atoms with Gasteiger partial charge in [0, 0.05) is 0 Å². The van der Waals surface area contributed by atoms with Gasteiger partial charge in [0.2, 0.25) is 0 Å². The molecule has 5 nitrogen and oxygen atoms in total. The molecule has 0 radical (unpaired) electrons. The van der Waals surface area contributed by atoms with Gasteiger partial charge in [-0.25, -0.2) is 18.0 Å². The van der Waals surface area contributed by atoms with Crippen LogP contribution in [0.4, 0.5) is 23.7 Å². The maximum absolute atomic E-state index is 14.2. The molecule has 0 saturated carbocycles. The van der Waals surface area contributed by atoms with Crippen molar-refractivity contribution in [3.8, 4) is 5.75 Å². The number of carbonyl (C=O) groups excluding carboxylic acids is 1. The first-order valence-electron chi connectivity index (χ1n) is 7.62. The van der Waals surface area contributed by atoms with Crippen molar-refractivity contribution in [3.05, 3.63) is 58.4 Å². The molecule has 8 heteroatoms. The van der Waals surface area contributed by atoms with Gasteiger partial charge in [-0.05, 0) is 49.2 Å². The molecule has 0 heterocycles. The van der Waals surface area contributed by atoms with Crippen molar-refractivity contribution in [2.45, 2.75) is 26.9 Å². The van der Waals surface area contributed by atoms with Crippen molar-refractivity contribution < 1.29 is 32.6 Å². The Kier molecular flexibility index (Phi) is 6.10. The highest BCUT2D eigenvalue weighted by Crippen LogP contribution is 2.33. The molecule has 0 atom stereocenters. The zero-order valence-corrected chi connectivity index (χ0v) is 14.4. The minimum atomic E-state index is -2.77. The highest BCUT2D eigenvalue weighted by atomic mass is 19.3. The summed E-state index contributed by atoms with van der Waals surface area (Å²) in [4.78, 5) is 11.5. The average molecular weight is 369 g/mol. The van der Waals surface area contributed by atoms with Gasteiger partial charge in [0.15, 0.2) is 0 Å². The number of halogens is 3. The second-order valence-corrected chi connectivity index (χ2v) is 5.58. The molecular weight excluding hydrogens is 351 g/mol. The maximum atomic E-state index is 14.2. The smallest absolute Gasteiger partial charge is 0.438 e. The number of nitrogens with zero attached hydrogens (tertiary/aromatic N) is 1. The van der Waals surface area contributed by atoms with Crippen LogP contribution < -0.4 is 9.80 Å². The minimum absolute atomic E-state index is 0.0974. The zero-order valence-electron chi connectivity index (χ0n) is 14.4. The molecule has 0 aromatic heterocycles. The number of alkyl halides is 2.